The standard InChI is InChI=1S/C18H14N2O3S/c21-18(13-4-5-14(19-10-13)17-2-1-7-24-17)20-9-12-3-6-15-16(8-12)23-11-22-15/h1-8,10H,9,11H2,(H,20,21). The van der Waals surface area contributed by atoms with E-state index in [0.29, 0.717) is 17.9 Å². The van der Waals surface area contributed by atoms with Gasteiger partial charge in [-0.25, -0.2) is 0 Å². The largest absolute Gasteiger partial charge is 0.454 e. The van der Waals surface area contributed by atoms with E-state index in [-0.39, 0.29) is 12.7 Å². The van der Waals surface area contributed by atoms with Gasteiger partial charge in [0.25, 0.3) is 5.91 Å². The number of thiophene rings is 1. The minimum atomic E-state index is -0.155. The molecule has 0 aliphatic carbocycles. The Kier molecular flexibility index (Phi) is 3.88. The molecule has 3 aromatic rings. The second-order valence-corrected chi connectivity index (χ2v) is 6.23. The summed E-state index contributed by atoms with van der Waals surface area (Å²) < 4.78 is 10.6. The normalized spacial score (nSPS) is 12.2. The molecule has 0 saturated carbocycles. The Labute approximate surface area is 142 Å². The molecule has 120 valence electrons. The number of amides is 1. The van der Waals surface area contributed by atoms with Gasteiger partial charge in [-0.3, -0.25) is 9.78 Å². The summed E-state index contributed by atoms with van der Waals surface area (Å²) in [6.45, 7) is 0.662. The van der Waals surface area contributed by atoms with E-state index < -0.39 is 0 Å². The van der Waals surface area contributed by atoms with Crippen molar-refractivity contribution < 1.29 is 14.3 Å². The van der Waals surface area contributed by atoms with Gasteiger partial charge in [0.1, 0.15) is 0 Å². The number of benzene rings is 1. The molecule has 0 fully saturated rings. The monoisotopic (exact) mass is 338 g/mol. The van der Waals surface area contributed by atoms with E-state index in [1.54, 1.807) is 23.6 Å². The summed E-state index contributed by atoms with van der Waals surface area (Å²) >= 11 is 1.62. The van der Waals surface area contributed by atoms with Gasteiger partial charge in [0, 0.05) is 12.7 Å². The summed E-state index contributed by atoms with van der Waals surface area (Å²) in [4.78, 5) is 17.7. The Morgan fingerprint density at radius 2 is 2.08 bits per heavy atom. The number of aromatic nitrogens is 1. The number of hydrogen-bond donors (Lipinski definition) is 1. The molecule has 0 bridgehead atoms. The highest BCUT2D eigenvalue weighted by Crippen LogP contribution is 2.32. The quantitative estimate of drug-likeness (QED) is 0.791. The number of rotatable bonds is 4. The Hall–Kier alpha value is -2.86. The van der Waals surface area contributed by atoms with Crippen LogP contribution in [0.2, 0.25) is 0 Å². The zero-order valence-electron chi connectivity index (χ0n) is 12.7. The lowest BCUT2D eigenvalue weighted by atomic mass is 10.2. The maximum atomic E-state index is 12.2. The van der Waals surface area contributed by atoms with Crippen molar-refractivity contribution in [3.05, 3.63) is 65.2 Å². The van der Waals surface area contributed by atoms with Crippen LogP contribution in [0, 0.1) is 0 Å². The molecule has 1 amide bonds. The van der Waals surface area contributed by atoms with Gasteiger partial charge in [-0.05, 0) is 41.3 Å². The molecule has 0 saturated heterocycles. The number of hydrogen-bond acceptors (Lipinski definition) is 5. The van der Waals surface area contributed by atoms with Crippen LogP contribution in [0.4, 0.5) is 0 Å². The van der Waals surface area contributed by atoms with Crippen molar-refractivity contribution in [3.8, 4) is 22.1 Å². The molecule has 0 spiro atoms. The molecule has 1 aromatic carbocycles. The first kappa shape index (κ1) is 14.7. The number of carbonyl (C=O) groups excluding carboxylic acids is 1. The van der Waals surface area contributed by atoms with E-state index >= 15 is 0 Å². The van der Waals surface area contributed by atoms with Gasteiger partial charge >= 0.3 is 0 Å². The highest BCUT2D eigenvalue weighted by atomic mass is 32.1. The Morgan fingerprint density at radius 3 is 2.88 bits per heavy atom. The van der Waals surface area contributed by atoms with Crippen molar-refractivity contribution in [3.63, 3.8) is 0 Å². The SMILES string of the molecule is O=C(NCc1ccc2c(c1)OCO2)c1ccc(-c2cccs2)nc1. The van der Waals surface area contributed by atoms with Crippen LogP contribution in [-0.4, -0.2) is 17.7 Å². The molecule has 2 aromatic heterocycles. The number of fused-ring (bicyclic) bond motifs is 1. The van der Waals surface area contributed by atoms with Crippen molar-refractivity contribution in [1.82, 2.24) is 10.3 Å². The van der Waals surface area contributed by atoms with Crippen LogP contribution in [0.1, 0.15) is 15.9 Å². The van der Waals surface area contributed by atoms with Gasteiger partial charge in [0.2, 0.25) is 6.79 Å². The Bertz CT molecular complexity index is 860. The second-order valence-electron chi connectivity index (χ2n) is 5.28. The number of carbonyl (C=O) groups is 1. The zero-order valence-corrected chi connectivity index (χ0v) is 13.5. The fourth-order valence-corrected chi connectivity index (χ4v) is 3.14. The number of nitrogens with zero attached hydrogens (tertiary/aromatic N) is 1. The van der Waals surface area contributed by atoms with Gasteiger partial charge in [-0.2, -0.15) is 0 Å². The average molecular weight is 338 g/mol. The highest BCUT2D eigenvalue weighted by molar-refractivity contribution is 7.13. The van der Waals surface area contributed by atoms with Crippen molar-refractivity contribution >= 4 is 17.2 Å². The Balaban J connectivity index is 1.41. The molecule has 0 atom stereocenters. The third kappa shape index (κ3) is 2.96. The first-order chi connectivity index (χ1) is 11.8. The van der Waals surface area contributed by atoms with E-state index in [2.05, 4.69) is 10.3 Å². The summed E-state index contributed by atoms with van der Waals surface area (Å²) in [7, 11) is 0. The molecule has 1 N–H and O–H groups in total. The van der Waals surface area contributed by atoms with Crippen LogP contribution in [0.25, 0.3) is 10.6 Å². The van der Waals surface area contributed by atoms with Crippen LogP contribution in [0.3, 0.4) is 0 Å². The van der Waals surface area contributed by atoms with Gasteiger partial charge in [-0.1, -0.05) is 12.1 Å². The molecule has 0 radical (unpaired) electrons. The van der Waals surface area contributed by atoms with Crippen LogP contribution in [0.15, 0.2) is 54.0 Å². The maximum Gasteiger partial charge on any atom is 0.253 e. The first-order valence-corrected chi connectivity index (χ1v) is 8.34. The predicted molar refractivity (Wildman–Crippen MR) is 91.3 cm³/mol. The van der Waals surface area contributed by atoms with E-state index in [1.807, 2.05) is 41.8 Å². The van der Waals surface area contributed by atoms with Gasteiger partial charge in [-0.15, -0.1) is 11.3 Å². The van der Waals surface area contributed by atoms with Crippen molar-refractivity contribution in [2.45, 2.75) is 6.54 Å². The van der Waals surface area contributed by atoms with E-state index in [9.17, 15) is 4.79 Å². The lowest BCUT2D eigenvalue weighted by Crippen LogP contribution is -2.22. The van der Waals surface area contributed by atoms with Crippen LogP contribution in [-0.2, 0) is 6.54 Å². The third-order valence-electron chi connectivity index (χ3n) is 3.69. The maximum absolute atomic E-state index is 12.2. The summed E-state index contributed by atoms with van der Waals surface area (Å²) in [6, 6.07) is 13.3. The molecule has 3 heterocycles. The van der Waals surface area contributed by atoms with Crippen molar-refractivity contribution in [2.24, 2.45) is 0 Å². The van der Waals surface area contributed by atoms with E-state index in [4.69, 9.17) is 9.47 Å². The molecule has 5 nitrogen and oxygen atoms in total. The molecular weight excluding hydrogens is 324 g/mol. The smallest absolute Gasteiger partial charge is 0.253 e. The summed E-state index contributed by atoms with van der Waals surface area (Å²) in [5.74, 6) is 1.29. The topological polar surface area (TPSA) is 60.5 Å². The highest BCUT2D eigenvalue weighted by Gasteiger charge is 2.14. The average Bonchev–Trinajstić information content (AvgIpc) is 3.31. The molecule has 0 unspecified atom stereocenters. The van der Waals surface area contributed by atoms with E-state index in [0.717, 1.165) is 21.9 Å². The van der Waals surface area contributed by atoms with Crippen LogP contribution in [0.5, 0.6) is 11.5 Å². The summed E-state index contributed by atoms with van der Waals surface area (Å²) in [5.41, 5.74) is 2.36. The predicted octanol–water partition coefficient (Wildman–Crippen LogP) is 3.47. The second kappa shape index (κ2) is 6.33. The fraction of sp³-hybridized carbons (Fsp3) is 0.111. The number of nitrogens with one attached hydrogen (secondary N) is 1. The minimum absolute atomic E-state index is 0.155. The van der Waals surface area contributed by atoms with Crippen LogP contribution >= 0.6 is 11.3 Å². The van der Waals surface area contributed by atoms with Gasteiger partial charge < -0.3 is 14.8 Å². The molecule has 6 heteroatoms. The molecule has 1 aliphatic rings. The lowest BCUT2D eigenvalue weighted by Gasteiger charge is -2.06. The number of ether oxygens (including phenoxy) is 2. The van der Waals surface area contributed by atoms with E-state index in [1.165, 1.54) is 0 Å². The molecule has 4 rings (SSSR count). The minimum Gasteiger partial charge on any atom is -0.454 e. The Morgan fingerprint density at radius 1 is 1.17 bits per heavy atom. The lowest BCUT2D eigenvalue weighted by molar-refractivity contribution is 0.0950. The van der Waals surface area contributed by atoms with Crippen molar-refractivity contribution in [2.75, 3.05) is 6.79 Å². The van der Waals surface area contributed by atoms with Crippen LogP contribution < -0.4 is 14.8 Å². The zero-order chi connectivity index (χ0) is 16.4. The molecule has 1 aliphatic heterocycles. The summed E-state index contributed by atoms with van der Waals surface area (Å²) in [6.07, 6.45) is 1.60. The van der Waals surface area contributed by atoms with Gasteiger partial charge in [0.15, 0.2) is 11.5 Å². The third-order valence-corrected chi connectivity index (χ3v) is 4.58. The fourth-order valence-electron chi connectivity index (χ4n) is 2.43. The van der Waals surface area contributed by atoms with Gasteiger partial charge in [0.05, 0.1) is 16.1 Å². The summed E-state index contributed by atoms with van der Waals surface area (Å²) in [5, 5.41) is 4.89. The molecular formula is C18H14N2O3S. The first-order valence-electron chi connectivity index (χ1n) is 7.46. The van der Waals surface area contributed by atoms with Crippen molar-refractivity contribution in [1.29, 1.82) is 0 Å². The molecule has 24 heavy (non-hydrogen) atoms. The number of pyridine rings is 1.